The minimum atomic E-state index is -0.447. The fourth-order valence-electron chi connectivity index (χ4n) is 1.32. The Bertz CT molecular complexity index is 366. The molecule has 1 aromatic carbocycles. The molecule has 0 aliphatic heterocycles. The second-order valence-electron chi connectivity index (χ2n) is 3.35. The number of Topliss-reactive ketones (excluding diaryl/α,β-unsaturated/α-hetero) is 1. The number of hydrogen-bond donors (Lipinski definition) is 0. The summed E-state index contributed by atoms with van der Waals surface area (Å²) < 4.78 is 18.0. The van der Waals surface area contributed by atoms with Crippen molar-refractivity contribution in [3.05, 3.63) is 34.6 Å². The second kappa shape index (κ2) is 6.61. The largest absolute Gasteiger partial charge is 0.382 e. The molecule has 0 unspecified atom stereocenters. The fourth-order valence-corrected chi connectivity index (χ4v) is 1.55. The smallest absolute Gasteiger partial charge is 0.164 e. The van der Waals surface area contributed by atoms with Gasteiger partial charge in [-0.15, -0.1) is 0 Å². The molecule has 0 saturated heterocycles. The predicted octanol–water partition coefficient (Wildman–Crippen LogP) is 3.48. The van der Waals surface area contributed by atoms with Crippen molar-refractivity contribution in [2.24, 2.45) is 0 Å². The molecule has 1 rings (SSSR count). The van der Waals surface area contributed by atoms with Crippen LogP contribution in [0.4, 0.5) is 4.39 Å². The Balaban J connectivity index is 2.55. The van der Waals surface area contributed by atoms with Crippen LogP contribution in [-0.2, 0) is 4.74 Å². The van der Waals surface area contributed by atoms with Gasteiger partial charge in [0.25, 0.3) is 0 Å². The van der Waals surface area contributed by atoms with Crippen LogP contribution in [0.2, 0.25) is 5.02 Å². The van der Waals surface area contributed by atoms with Crippen molar-refractivity contribution in [2.75, 3.05) is 13.2 Å². The first-order valence-electron chi connectivity index (χ1n) is 5.21. The van der Waals surface area contributed by atoms with Gasteiger partial charge < -0.3 is 4.74 Å². The standard InChI is InChI=1S/C12H14ClFO2/c1-2-16-7-3-4-12(15)10-8-9(14)5-6-11(10)13/h5-6,8H,2-4,7H2,1H3. The summed E-state index contributed by atoms with van der Waals surface area (Å²) in [5.41, 5.74) is 0.248. The summed E-state index contributed by atoms with van der Waals surface area (Å²) in [6.45, 7) is 3.06. The minimum absolute atomic E-state index is 0.149. The number of carbonyl (C=O) groups excluding carboxylic acids is 1. The van der Waals surface area contributed by atoms with E-state index in [9.17, 15) is 9.18 Å². The summed E-state index contributed by atoms with van der Waals surface area (Å²) in [5.74, 6) is -0.596. The third-order valence-corrected chi connectivity index (χ3v) is 2.46. The average Bonchev–Trinajstić information content (AvgIpc) is 2.27. The molecule has 0 saturated carbocycles. The van der Waals surface area contributed by atoms with Crippen LogP contribution >= 0.6 is 11.6 Å². The molecule has 2 nitrogen and oxygen atoms in total. The van der Waals surface area contributed by atoms with Gasteiger partial charge in [0.1, 0.15) is 5.82 Å². The van der Waals surface area contributed by atoms with Crippen LogP contribution in [0.1, 0.15) is 30.1 Å². The van der Waals surface area contributed by atoms with E-state index in [4.69, 9.17) is 16.3 Å². The van der Waals surface area contributed by atoms with Gasteiger partial charge >= 0.3 is 0 Å². The first-order chi connectivity index (χ1) is 7.65. The Kier molecular flexibility index (Phi) is 5.43. The Morgan fingerprint density at radius 2 is 2.25 bits per heavy atom. The van der Waals surface area contributed by atoms with Gasteiger partial charge in [0.15, 0.2) is 5.78 Å². The van der Waals surface area contributed by atoms with Crippen LogP contribution in [0.3, 0.4) is 0 Å². The zero-order valence-electron chi connectivity index (χ0n) is 9.13. The molecule has 16 heavy (non-hydrogen) atoms. The zero-order chi connectivity index (χ0) is 12.0. The van der Waals surface area contributed by atoms with Crippen LogP contribution in [0.25, 0.3) is 0 Å². The SMILES string of the molecule is CCOCCCC(=O)c1cc(F)ccc1Cl. The number of carbonyl (C=O) groups is 1. The normalized spacial score (nSPS) is 10.4. The highest BCUT2D eigenvalue weighted by Gasteiger charge is 2.10. The van der Waals surface area contributed by atoms with Gasteiger partial charge in [-0.1, -0.05) is 11.6 Å². The van der Waals surface area contributed by atoms with Crippen molar-refractivity contribution in [1.29, 1.82) is 0 Å². The van der Waals surface area contributed by atoms with Crippen LogP contribution in [0, 0.1) is 5.82 Å². The molecule has 0 aromatic heterocycles. The van der Waals surface area contributed by atoms with Crippen LogP contribution < -0.4 is 0 Å². The predicted molar refractivity (Wildman–Crippen MR) is 61.5 cm³/mol. The molecule has 1 aromatic rings. The van der Waals surface area contributed by atoms with Crippen molar-refractivity contribution in [1.82, 2.24) is 0 Å². The average molecular weight is 245 g/mol. The van der Waals surface area contributed by atoms with Crippen molar-refractivity contribution >= 4 is 17.4 Å². The molecule has 0 fully saturated rings. The fraction of sp³-hybridized carbons (Fsp3) is 0.417. The molecular formula is C12H14ClFO2. The lowest BCUT2D eigenvalue weighted by molar-refractivity contribution is 0.0947. The molecule has 0 aliphatic carbocycles. The lowest BCUT2D eigenvalue weighted by Gasteiger charge is -2.04. The Hall–Kier alpha value is -0.930. The molecule has 4 heteroatoms. The van der Waals surface area contributed by atoms with Gasteiger partial charge in [-0.05, 0) is 31.5 Å². The van der Waals surface area contributed by atoms with E-state index in [2.05, 4.69) is 0 Å². The van der Waals surface area contributed by atoms with E-state index in [0.717, 1.165) is 0 Å². The van der Waals surface area contributed by atoms with Gasteiger partial charge in [-0.3, -0.25) is 4.79 Å². The van der Waals surface area contributed by atoms with Crippen molar-refractivity contribution in [2.45, 2.75) is 19.8 Å². The highest BCUT2D eigenvalue weighted by atomic mass is 35.5. The number of rotatable bonds is 6. The number of ether oxygens (including phenoxy) is 1. The van der Waals surface area contributed by atoms with E-state index < -0.39 is 5.82 Å². The number of halogens is 2. The van der Waals surface area contributed by atoms with E-state index >= 15 is 0 Å². The monoisotopic (exact) mass is 244 g/mol. The highest BCUT2D eigenvalue weighted by Crippen LogP contribution is 2.19. The summed E-state index contributed by atoms with van der Waals surface area (Å²) in [6, 6.07) is 3.80. The zero-order valence-corrected chi connectivity index (χ0v) is 9.89. The lowest BCUT2D eigenvalue weighted by atomic mass is 10.1. The van der Waals surface area contributed by atoms with Crippen LogP contribution in [0.15, 0.2) is 18.2 Å². The Morgan fingerprint density at radius 3 is 2.94 bits per heavy atom. The van der Waals surface area contributed by atoms with E-state index in [-0.39, 0.29) is 11.3 Å². The van der Waals surface area contributed by atoms with Crippen molar-refractivity contribution in [3.63, 3.8) is 0 Å². The number of hydrogen-bond acceptors (Lipinski definition) is 2. The van der Waals surface area contributed by atoms with Gasteiger partial charge in [-0.25, -0.2) is 4.39 Å². The van der Waals surface area contributed by atoms with E-state index in [0.29, 0.717) is 31.1 Å². The molecule has 0 aliphatic rings. The molecule has 0 N–H and O–H groups in total. The molecule has 0 heterocycles. The van der Waals surface area contributed by atoms with E-state index in [1.807, 2.05) is 6.92 Å². The van der Waals surface area contributed by atoms with Gasteiger partial charge in [0.2, 0.25) is 0 Å². The third kappa shape index (κ3) is 3.91. The van der Waals surface area contributed by atoms with Crippen LogP contribution in [0.5, 0.6) is 0 Å². The summed E-state index contributed by atoms with van der Waals surface area (Å²) in [7, 11) is 0. The molecule has 0 radical (unpaired) electrons. The van der Waals surface area contributed by atoms with E-state index in [1.54, 1.807) is 0 Å². The Labute approximate surface area is 99.4 Å². The molecule has 88 valence electrons. The third-order valence-electron chi connectivity index (χ3n) is 2.13. The summed E-state index contributed by atoms with van der Waals surface area (Å²) in [4.78, 5) is 11.7. The van der Waals surface area contributed by atoms with Gasteiger partial charge in [0, 0.05) is 25.2 Å². The topological polar surface area (TPSA) is 26.3 Å². The molecule has 0 spiro atoms. The first-order valence-corrected chi connectivity index (χ1v) is 5.59. The maximum atomic E-state index is 12.9. The maximum absolute atomic E-state index is 12.9. The van der Waals surface area contributed by atoms with Crippen molar-refractivity contribution < 1.29 is 13.9 Å². The molecule has 0 atom stereocenters. The summed E-state index contributed by atoms with van der Waals surface area (Å²) >= 11 is 5.81. The second-order valence-corrected chi connectivity index (χ2v) is 3.76. The minimum Gasteiger partial charge on any atom is -0.382 e. The molecule has 0 amide bonds. The van der Waals surface area contributed by atoms with Crippen molar-refractivity contribution in [3.8, 4) is 0 Å². The first kappa shape index (κ1) is 13.1. The highest BCUT2D eigenvalue weighted by molar-refractivity contribution is 6.33. The van der Waals surface area contributed by atoms with E-state index in [1.165, 1.54) is 18.2 Å². The molecule has 0 bridgehead atoms. The molecular weight excluding hydrogens is 231 g/mol. The van der Waals surface area contributed by atoms with Crippen LogP contribution in [-0.4, -0.2) is 19.0 Å². The number of benzene rings is 1. The quantitative estimate of drug-likeness (QED) is 0.566. The lowest BCUT2D eigenvalue weighted by Crippen LogP contribution is -2.03. The van der Waals surface area contributed by atoms with Gasteiger partial charge in [0.05, 0.1) is 5.02 Å². The Morgan fingerprint density at radius 1 is 1.50 bits per heavy atom. The maximum Gasteiger partial charge on any atom is 0.164 e. The van der Waals surface area contributed by atoms with Gasteiger partial charge in [-0.2, -0.15) is 0 Å². The summed E-state index contributed by atoms with van der Waals surface area (Å²) in [5, 5.41) is 0.294. The summed E-state index contributed by atoms with van der Waals surface area (Å²) in [6.07, 6.45) is 0.947. The number of ketones is 1.